The zero-order valence-electron chi connectivity index (χ0n) is 27.4. The molecule has 5 aromatic carbocycles. The van der Waals surface area contributed by atoms with Crippen molar-refractivity contribution in [3.8, 4) is 11.4 Å². The molecule has 8 nitrogen and oxygen atoms in total. The minimum Gasteiger partial charge on any atom is -0.278 e. The van der Waals surface area contributed by atoms with Gasteiger partial charge in [-0.05, 0) is 72.6 Å². The SMILES string of the molecule is [2H]C([2H])([2H])c1cccc2c1nc1n(-c3cccc(-n4c5ccccc5n5c6cccc(Cc7cnccn7)c6nc45)c3)c3ccccc3n21. The van der Waals surface area contributed by atoms with Crippen LogP contribution in [0.2, 0.25) is 0 Å². The van der Waals surface area contributed by atoms with Crippen molar-refractivity contribution in [2.45, 2.75) is 13.3 Å². The number of para-hydroxylation sites is 6. The van der Waals surface area contributed by atoms with E-state index in [0.717, 1.165) is 67.0 Å². The van der Waals surface area contributed by atoms with Crippen LogP contribution in [-0.4, -0.2) is 37.9 Å². The molecule has 0 aliphatic carbocycles. The lowest BCUT2D eigenvalue weighted by Gasteiger charge is -2.10. The lowest BCUT2D eigenvalue weighted by molar-refractivity contribution is 1.03. The van der Waals surface area contributed by atoms with E-state index in [4.69, 9.17) is 14.1 Å². The molecular weight excluding hydrogens is 568 g/mol. The van der Waals surface area contributed by atoms with E-state index in [-0.39, 0.29) is 5.56 Å². The van der Waals surface area contributed by atoms with Crippen molar-refractivity contribution in [3.63, 3.8) is 0 Å². The van der Waals surface area contributed by atoms with Crippen molar-refractivity contribution in [2.24, 2.45) is 0 Å². The summed E-state index contributed by atoms with van der Waals surface area (Å²) in [6.45, 7) is -2.29. The lowest BCUT2D eigenvalue weighted by atomic mass is 10.1. The molecule has 8 heteroatoms. The van der Waals surface area contributed by atoms with Crippen LogP contribution < -0.4 is 0 Å². The summed E-state index contributed by atoms with van der Waals surface area (Å²) in [5.41, 5.74) is 11.2. The van der Waals surface area contributed by atoms with E-state index >= 15 is 0 Å². The van der Waals surface area contributed by atoms with Gasteiger partial charge in [-0.2, -0.15) is 0 Å². The number of rotatable bonds is 4. The Morgan fingerprint density at radius 1 is 0.587 bits per heavy atom. The summed E-state index contributed by atoms with van der Waals surface area (Å²) >= 11 is 0. The molecule has 218 valence electrons. The summed E-state index contributed by atoms with van der Waals surface area (Å²) in [6, 6.07) is 36.4. The van der Waals surface area contributed by atoms with Gasteiger partial charge in [0.2, 0.25) is 11.6 Å². The van der Waals surface area contributed by atoms with E-state index < -0.39 is 6.85 Å². The van der Waals surface area contributed by atoms with Gasteiger partial charge in [0.1, 0.15) is 0 Å². The van der Waals surface area contributed by atoms with E-state index in [1.807, 2.05) is 36.4 Å². The number of aromatic nitrogens is 8. The molecule has 0 aliphatic rings. The van der Waals surface area contributed by atoms with Crippen LogP contribution in [0, 0.1) is 6.85 Å². The van der Waals surface area contributed by atoms with Crippen molar-refractivity contribution in [2.75, 3.05) is 0 Å². The molecule has 5 heterocycles. The molecule has 0 atom stereocenters. The first-order valence-corrected chi connectivity index (χ1v) is 15.1. The number of imidazole rings is 4. The van der Waals surface area contributed by atoms with Gasteiger partial charge in [0.05, 0.1) is 61.2 Å². The van der Waals surface area contributed by atoms with Crippen LogP contribution >= 0.6 is 0 Å². The molecule has 0 saturated carbocycles. The van der Waals surface area contributed by atoms with Crippen LogP contribution in [0.4, 0.5) is 0 Å². The Morgan fingerprint density at radius 3 is 1.83 bits per heavy atom. The zero-order chi connectivity index (χ0) is 32.9. The fourth-order valence-electron chi connectivity index (χ4n) is 6.95. The number of aryl methyl sites for hydroxylation is 1. The summed E-state index contributed by atoms with van der Waals surface area (Å²) in [7, 11) is 0. The van der Waals surface area contributed by atoms with E-state index in [2.05, 4.69) is 88.6 Å². The first-order valence-electron chi connectivity index (χ1n) is 16.6. The summed E-state index contributed by atoms with van der Waals surface area (Å²) in [6.07, 6.45) is 5.82. The summed E-state index contributed by atoms with van der Waals surface area (Å²) in [5, 5.41) is 0. The van der Waals surface area contributed by atoms with Crippen LogP contribution in [-0.2, 0) is 6.42 Å². The fourth-order valence-corrected chi connectivity index (χ4v) is 6.95. The lowest BCUT2D eigenvalue weighted by Crippen LogP contribution is -2.00. The van der Waals surface area contributed by atoms with Crippen molar-refractivity contribution in [1.29, 1.82) is 0 Å². The van der Waals surface area contributed by atoms with Gasteiger partial charge >= 0.3 is 0 Å². The maximum Gasteiger partial charge on any atom is 0.220 e. The first kappa shape index (κ1) is 22.3. The fraction of sp³-hybridized carbons (Fsp3) is 0.0526. The van der Waals surface area contributed by atoms with Gasteiger partial charge in [-0.3, -0.25) is 27.9 Å². The van der Waals surface area contributed by atoms with Gasteiger partial charge < -0.3 is 0 Å². The van der Waals surface area contributed by atoms with Crippen molar-refractivity contribution >= 4 is 55.7 Å². The van der Waals surface area contributed by atoms with Gasteiger partial charge in [-0.25, -0.2) is 9.97 Å². The number of hydrogen-bond donors (Lipinski definition) is 0. The highest BCUT2D eigenvalue weighted by molar-refractivity contribution is 5.95. The summed E-state index contributed by atoms with van der Waals surface area (Å²) in [5.74, 6) is 1.45. The molecule has 0 aliphatic heterocycles. The molecule has 0 spiro atoms. The van der Waals surface area contributed by atoms with Crippen LogP contribution in [0.25, 0.3) is 67.1 Å². The van der Waals surface area contributed by atoms with Crippen molar-refractivity contribution in [3.05, 3.63) is 145 Å². The highest BCUT2D eigenvalue weighted by atomic mass is 15.2. The molecule has 10 rings (SSSR count). The third kappa shape index (κ3) is 3.43. The maximum atomic E-state index is 8.17. The van der Waals surface area contributed by atoms with Crippen LogP contribution in [0.5, 0.6) is 0 Å². The molecule has 0 N–H and O–H groups in total. The second-order valence-corrected chi connectivity index (χ2v) is 11.5. The Morgan fingerprint density at radius 2 is 1.17 bits per heavy atom. The third-order valence-electron chi connectivity index (χ3n) is 8.88. The topological polar surface area (TPSA) is 70.2 Å². The number of fused-ring (bicyclic) bond motifs is 10. The van der Waals surface area contributed by atoms with Gasteiger partial charge in [-0.15, -0.1) is 0 Å². The Labute approximate surface area is 266 Å². The Bertz CT molecular complexity index is 2910. The van der Waals surface area contributed by atoms with Crippen molar-refractivity contribution in [1.82, 2.24) is 37.9 Å². The standard InChI is InChI=1S/C38H26N8/c1-24-9-6-17-33-35(24)41-37-43(29-13-2-4-15-31(29)45(33)37)27-11-8-12-28(22-27)44-30-14-3-5-16-32(30)46-34-18-7-10-25(36(34)42-38(44)46)21-26-23-39-19-20-40-26/h2-20,22-23H,21H2,1H3/i1D3. The van der Waals surface area contributed by atoms with Gasteiger partial charge in [-0.1, -0.05) is 54.6 Å². The minimum absolute atomic E-state index is 0.240. The van der Waals surface area contributed by atoms with E-state index in [1.54, 1.807) is 30.7 Å². The van der Waals surface area contributed by atoms with E-state index in [0.29, 0.717) is 17.7 Å². The number of benzene rings is 5. The van der Waals surface area contributed by atoms with Gasteiger partial charge in [0.25, 0.3) is 0 Å². The first-order chi connectivity index (χ1) is 24.0. The molecule has 10 aromatic rings. The second-order valence-electron chi connectivity index (χ2n) is 11.5. The molecule has 5 aromatic heterocycles. The second kappa shape index (κ2) is 9.36. The molecular formula is C38H26N8. The smallest absolute Gasteiger partial charge is 0.220 e. The highest BCUT2D eigenvalue weighted by Crippen LogP contribution is 2.34. The number of nitrogens with zero attached hydrogens (tertiary/aromatic N) is 8. The normalized spacial score (nSPS) is 13.3. The van der Waals surface area contributed by atoms with Gasteiger partial charge in [0.15, 0.2) is 0 Å². The predicted octanol–water partition coefficient (Wildman–Crippen LogP) is 7.87. The monoisotopic (exact) mass is 597 g/mol. The van der Waals surface area contributed by atoms with Gasteiger partial charge in [0, 0.05) is 29.1 Å². The Hall–Kier alpha value is -6.28. The Balaban J connectivity index is 1.22. The highest BCUT2D eigenvalue weighted by Gasteiger charge is 2.21. The predicted molar refractivity (Wildman–Crippen MR) is 182 cm³/mol. The third-order valence-corrected chi connectivity index (χ3v) is 8.88. The van der Waals surface area contributed by atoms with E-state index in [9.17, 15) is 0 Å². The molecule has 0 saturated heterocycles. The Kier molecular flexibility index (Phi) is 4.53. The summed E-state index contributed by atoms with van der Waals surface area (Å²) in [4.78, 5) is 19.0. The average Bonchev–Trinajstić information content (AvgIpc) is 3.85. The van der Waals surface area contributed by atoms with Crippen LogP contribution in [0.15, 0.2) is 128 Å². The molecule has 46 heavy (non-hydrogen) atoms. The van der Waals surface area contributed by atoms with E-state index in [1.165, 1.54) is 0 Å². The maximum absolute atomic E-state index is 8.17. The minimum atomic E-state index is -2.29. The molecule has 0 unspecified atom stereocenters. The largest absolute Gasteiger partial charge is 0.278 e. The quantitative estimate of drug-likeness (QED) is 0.207. The molecule has 0 bridgehead atoms. The molecule has 0 amide bonds. The molecule has 0 fully saturated rings. The van der Waals surface area contributed by atoms with Crippen LogP contribution in [0.3, 0.4) is 0 Å². The zero-order valence-corrected chi connectivity index (χ0v) is 24.4. The summed E-state index contributed by atoms with van der Waals surface area (Å²) < 4.78 is 33.1. The average molecular weight is 598 g/mol. The number of hydrogen-bond acceptors (Lipinski definition) is 4. The molecule has 0 radical (unpaired) electrons. The van der Waals surface area contributed by atoms with Crippen molar-refractivity contribution < 1.29 is 4.11 Å². The van der Waals surface area contributed by atoms with Crippen LogP contribution in [0.1, 0.15) is 20.9 Å².